The van der Waals surface area contributed by atoms with E-state index in [0.717, 1.165) is 29.8 Å². The van der Waals surface area contributed by atoms with Crippen LogP contribution in [0.2, 0.25) is 5.02 Å². The van der Waals surface area contributed by atoms with Crippen LogP contribution in [0.15, 0.2) is 54.7 Å². The molecule has 190 valence electrons. The summed E-state index contributed by atoms with van der Waals surface area (Å²) in [4.78, 5) is 40.9. The molecule has 3 rings (SSSR count). The molecule has 4 N–H and O–H groups in total. The number of halogens is 1. The lowest BCUT2D eigenvalue weighted by Crippen LogP contribution is -2.41. The van der Waals surface area contributed by atoms with E-state index in [1.54, 1.807) is 29.7 Å². The van der Waals surface area contributed by atoms with Gasteiger partial charge in [-0.15, -0.1) is 0 Å². The third kappa shape index (κ3) is 7.40. The maximum Gasteiger partial charge on any atom is 0.335 e. The zero-order valence-electron chi connectivity index (χ0n) is 19.9. The molecule has 0 aliphatic heterocycles. The van der Waals surface area contributed by atoms with Crippen LogP contribution in [0.3, 0.4) is 0 Å². The predicted octanol–water partition coefficient (Wildman–Crippen LogP) is 3.86. The Balaban J connectivity index is 1.85. The first-order valence-corrected chi connectivity index (χ1v) is 12.0. The number of imidazole rings is 1. The molecule has 0 aliphatic carbocycles. The molecular formula is C26H29ClN4O5. The second-order valence-electron chi connectivity index (χ2n) is 8.49. The molecule has 3 aromatic rings. The Bertz CT molecular complexity index is 1190. The number of amides is 2. The normalized spacial score (nSPS) is 11.6. The maximum atomic E-state index is 13.3. The van der Waals surface area contributed by atoms with E-state index < -0.39 is 23.8 Å². The van der Waals surface area contributed by atoms with E-state index in [-0.39, 0.29) is 12.0 Å². The summed E-state index contributed by atoms with van der Waals surface area (Å²) >= 11 is 5.96. The summed E-state index contributed by atoms with van der Waals surface area (Å²) in [5, 5.41) is 21.6. The number of aromatic nitrogens is 2. The minimum absolute atomic E-state index is 0.127. The maximum absolute atomic E-state index is 13.3. The highest BCUT2D eigenvalue weighted by atomic mass is 35.5. The summed E-state index contributed by atoms with van der Waals surface area (Å²) in [6.07, 6.45) is 4.27. The van der Waals surface area contributed by atoms with Crippen molar-refractivity contribution in [2.45, 2.75) is 51.6 Å². The molecule has 1 heterocycles. The minimum Gasteiger partial charge on any atom is -0.478 e. The fraction of sp³-hybridized carbons (Fsp3) is 0.308. The average Bonchev–Trinajstić information content (AvgIpc) is 3.26. The van der Waals surface area contributed by atoms with Gasteiger partial charge in [-0.3, -0.25) is 14.8 Å². The number of aromatic carboxylic acids is 1. The second-order valence-corrected chi connectivity index (χ2v) is 8.93. The van der Waals surface area contributed by atoms with E-state index in [1.165, 1.54) is 18.3 Å². The van der Waals surface area contributed by atoms with Crippen molar-refractivity contribution in [2.75, 3.05) is 0 Å². The molecule has 1 aromatic heterocycles. The Morgan fingerprint density at radius 3 is 2.33 bits per heavy atom. The molecule has 0 saturated carbocycles. The van der Waals surface area contributed by atoms with Crippen molar-refractivity contribution in [3.8, 4) is 0 Å². The Labute approximate surface area is 214 Å². The molecule has 0 spiro atoms. The van der Waals surface area contributed by atoms with E-state index >= 15 is 0 Å². The quantitative estimate of drug-likeness (QED) is 0.215. The number of benzene rings is 2. The monoisotopic (exact) mass is 512 g/mol. The van der Waals surface area contributed by atoms with Crippen LogP contribution in [-0.2, 0) is 24.2 Å². The van der Waals surface area contributed by atoms with Crippen LogP contribution in [0.5, 0.6) is 0 Å². The number of carboxylic acids is 1. The highest BCUT2D eigenvalue weighted by Gasteiger charge is 2.22. The van der Waals surface area contributed by atoms with Crippen LogP contribution >= 0.6 is 11.6 Å². The summed E-state index contributed by atoms with van der Waals surface area (Å²) in [5.41, 5.74) is 3.81. The van der Waals surface area contributed by atoms with Crippen LogP contribution in [0, 0.1) is 0 Å². The summed E-state index contributed by atoms with van der Waals surface area (Å²) in [7, 11) is 0. The van der Waals surface area contributed by atoms with Gasteiger partial charge in [-0.05, 0) is 48.2 Å². The van der Waals surface area contributed by atoms with E-state index in [2.05, 4.69) is 17.2 Å². The van der Waals surface area contributed by atoms with Gasteiger partial charge in [0.1, 0.15) is 11.5 Å². The fourth-order valence-corrected chi connectivity index (χ4v) is 3.98. The smallest absolute Gasteiger partial charge is 0.335 e. The number of carbonyl (C=O) groups excluding carboxylic acids is 2. The molecule has 0 bridgehead atoms. The number of carbonyl (C=O) groups is 3. The molecule has 1 atom stereocenters. The second kappa shape index (κ2) is 12.9. The summed E-state index contributed by atoms with van der Waals surface area (Å²) in [6.45, 7) is 2.40. The van der Waals surface area contributed by atoms with E-state index in [0.29, 0.717) is 30.1 Å². The largest absolute Gasteiger partial charge is 0.478 e. The predicted molar refractivity (Wildman–Crippen MR) is 134 cm³/mol. The number of rotatable bonds is 12. The number of hydrogen-bond donors (Lipinski definition) is 4. The molecule has 9 nitrogen and oxygen atoms in total. The van der Waals surface area contributed by atoms with Gasteiger partial charge in [0.25, 0.3) is 5.91 Å². The molecule has 0 radical (unpaired) electrons. The molecule has 1 unspecified atom stereocenters. The first-order chi connectivity index (χ1) is 17.3. The Hall–Kier alpha value is -3.69. The highest BCUT2D eigenvalue weighted by molar-refractivity contribution is 6.30. The average molecular weight is 513 g/mol. The van der Waals surface area contributed by atoms with E-state index in [4.69, 9.17) is 21.9 Å². The van der Waals surface area contributed by atoms with Crippen molar-refractivity contribution in [1.29, 1.82) is 0 Å². The first-order valence-electron chi connectivity index (χ1n) is 11.7. The number of unbranched alkanes of at least 4 members (excludes halogenated alkanes) is 1. The van der Waals surface area contributed by atoms with Gasteiger partial charge < -0.3 is 15.0 Å². The molecule has 2 aromatic carbocycles. The van der Waals surface area contributed by atoms with Gasteiger partial charge in [-0.2, -0.15) is 0 Å². The molecule has 36 heavy (non-hydrogen) atoms. The lowest BCUT2D eigenvalue weighted by molar-refractivity contribution is -0.129. The summed E-state index contributed by atoms with van der Waals surface area (Å²) < 4.78 is 1.81. The third-order valence-corrected chi connectivity index (χ3v) is 6.01. The van der Waals surface area contributed by atoms with Crippen molar-refractivity contribution in [1.82, 2.24) is 20.3 Å². The topological polar surface area (TPSA) is 134 Å². The van der Waals surface area contributed by atoms with E-state index in [9.17, 15) is 14.4 Å². The lowest BCUT2D eigenvalue weighted by Gasteiger charge is -2.19. The Kier molecular flexibility index (Phi) is 9.61. The number of nitrogens with one attached hydrogen (secondary N) is 2. The molecular weight excluding hydrogens is 484 g/mol. The molecule has 2 amide bonds. The fourth-order valence-electron chi connectivity index (χ4n) is 3.85. The first kappa shape index (κ1) is 26.9. The Morgan fingerprint density at radius 1 is 1.06 bits per heavy atom. The van der Waals surface area contributed by atoms with Gasteiger partial charge in [0.2, 0.25) is 5.91 Å². The van der Waals surface area contributed by atoms with Crippen molar-refractivity contribution < 1.29 is 24.7 Å². The molecule has 10 heteroatoms. The van der Waals surface area contributed by atoms with Crippen molar-refractivity contribution in [3.63, 3.8) is 0 Å². The van der Waals surface area contributed by atoms with Crippen molar-refractivity contribution >= 4 is 29.4 Å². The zero-order valence-corrected chi connectivity index (χ0v) is 20.7. The number of carboxylic acid groups (broad SMARTS) is 1. The minimum atomic E-state index is -1.01. The van der Waals surface area contributed by atoms with Crippen molar-refractivity contribution in [2.24, 2.45) is 0 Å². The van der Waals surface area contributed by atoms with Crippen LogP contribution < -0.4 is 10.8 Å². The highest BCUT2D eigenvalue weighted by Crippen LogP contribution is 2.16. The lowest BCUT2D eigenvalue weighted by atomic mass is 10.0. The van der Waals surface area contributed by atoms with Crippen molar-refractivity contribution in [3.05, 3.63) is 88.0 Å². The summed E-state index contributed by atoms with van der Waals surface area (Å²) in [5.74, 6) is -1.29. The number of aryl methyl sites for hydroxylation is 1. The van der Waals surface area contributed by atoms with Gasteiger partial charge in [-0.25, -0.2) is 15.3 Å². The third-order valence-electron chi connectivity index (χ3n) is 5.75. The molecule has 0 aliphatic rings. The van der Waals surface area contributed by atoms with Gasteiger partial charge >= 0.3 is 5.97 Å². The molecule has 0 fully saturated rings. The van der Waals surface area contributed by atoms with Crippen LogP contribution in [-0.4, -0.2) is 43.7 Å². The van der Waals surface area contributed by atoms with Crippen LogP contribution in [0.1, 0.15) is 64.0 Å². The summed E-state index contributed by atoms with van der Waals surface area (Å²) in [6, 6.07) is 13.0. The standard InChI is InChI=1S/C26H29ClN4O5/c1-2-3-4-23-28-15-22(31(23)16-18-5-9-19(10-6-18)26(34)35)25(33)29-21(14-24(32)30-36)13-17-7-11-20(27)12-8-17/h5-12,15,21,36H,2-4,13-14,16H2,1H3,(H,29,33)(H,30,32)(H,34,35). The van der Waals surface area contributed by atoms with Gasteiger partial charge in [0.05, 0.1) is 11.8 Å². The van der Waals surface area contributed by atoms with Gasteiger partial charge in [-0.1, -0.05) is 49.2 Å². The van der Waals surface area contributed by atoms with Crippen LogP contribution in [0.4, 0.5) is 0 Å². The Morgan fingerprint density at radius 2 is 1.72 bits per heavy atom. The van der Waals surface area contributed by atoms with E-state index in [1.807, 2.05) is 16.7 Å². The van der Waals surface area contributed by atoms with Gasteiger partial charge in [0.15, 0.2) is 0 Å². The van der Waals surface area contributed by atoms with Crippen LogP contribution in [0.25, 0.3) is 0 Å². The van der Waals surface area contributed by atoms with Gasteiger partial charge in [0, 0.05) is 30.5 Å². The SMILES string of the molecule is CCCCc1ncc(C(=O)NC(CC(=O)NO)Cc2ccc(Cl)cc2)n1Cc1ccc(C(=O)O)cc1. The molecule has 0 saturated heterocycles. The zero-order chi connectivity index (χ0) is 26.1. The number of nitrogens with zero attached hydrogens (tertiary/aromatic N) is 2. The number of hydrogen-bond acceptors (Lipinski definition) is 5. The number of hydroxylamine groups is 1.